The van der Waals surface area contributed by atoms with Gasteiger partial charge in [0.05, 0.1) is 23.4 Å². The molecule has 0 saturated heterocycles. The molecule has 1 aromatic heterocycles. The minimum absolute atomic E-state index is 0.144. The van der Waals surface area contributed by atoms with Crippen molar-refractivity contribution in [2.24, 2.45) is 5.92 Å². The summed E-state index contributed by atoms with van der Waals surface area (Å²) in [4.78, 5) is 29.5. The third kappa shape index (κ3) is 4.55. The summed E-state index contributed by atoms with van der Waals surface area (Å²) >= 11 is 0. The van der Waals surface area contributed by atoms with E-state index in [0.29, 0.717) is 29.0 Å². The summed E-state index contributed by atoms with van der Waals surface area (Å²) < 4.78 is 7.66. The Morgan fingerprint density at radius 1 is 1.16 bits per heavy atom. The lowest BCUT2D eigenvalue weighted by atomic mass is 9.80. The SMILES string of the molecule is CCC(OC(=O)C1=C(C)NC(C)=C(C(=O)O)C1c1ccc(-n2ccnc2)cc1)C(C)C. The summed E-state index contributed by atoms with van der Waals surface area (Å²) in [5.74, 6) is -2.12. The van der Waals surface area contributed by atoms with Crippen molar-refractivity contribution in [2.45, 2.75) is 53.1 Å². The maximum atomic E-state index is 13.2. The normalized spacial score (nSPS) is 17.5. The van der Waals surface area contributed by atoms with Gasteiger partial charge in [-0.2, -0.15) is 0 Å². The molecule has 0 bridgehead atoms. The van der Waals surface area contributed by atoms with Crippen molar-refractivity contribution in [1.29, 1.82) is 0 Å². The molecule has 0 saturated carbocycles. The highest BCUT2D eigenvalue weighted by atomic mass is 16.5. The molecule has 0 aliphatic carbocycles. The average Bonchev–Trinajstić information content (AvgIpc) is 3.25. The van der Waals surface area contributed by atoms with Gasteiger partial charge in [-0.25, -0.2) is 14.6 Å². The molecule has 2 N–H and O–H groups in total. The molecule has 2 unspecified atom stereocenters. The quantitative estimate of drug-likeness (QED) is 0.649. The van der Waals surface area contributed by atoms with Crippen molar-refractivity contribution in [3.05, 3.63) is 71.1 Å². The number of aromatic nitrogens is 2. The molecule has 7 heteroatoms. The van der Waals surface area contributed by atoms with E-state index in [9.17, 15) is 14.7 Å². The number of carboxylic acid groups (broad SMARTS) is 1. The Kier molecular flexibility index (Phi) is 6.63. The van der Waals surface area contributed by atoms with Crippen LogP contribution in [0, 0.1) is 5.92 Å². The second-order valence-corrected chi connectivity index (χ2v) is 8.10. The number of aliphatic carboxylic acids is 1. The lowest BCUT2D eigenvalue weighted by Crippen LogP contribution is -2.33. The monoisotopic (exact) mass is 423 g/mol. The van der Waals surface area contributed by atoms with E-state index in [4.69, 9.17) is 4.74 Å². The number of esters is 1. The summed E-state index contributed by atoms with van der Waals surface area (Å²) in [5.41, 5.74) is 3.20. The Bertz CT molecular complexity index is 1020. The number of dihydropyridines is 1. The minimum atomic E-state index is -1.07. The van der Waals surface area contributed by atoms with Crippen molar-refractivity contribution >= 4 is 11.9 Å². The Hall–Kier alpha value is -3.35. The zero-order valence-corrected chi connectivity index (χ0v) is 18.5. The first-order valence-corrected chi connectivity index (χ1v) is 10.5. The maximum absolute atomic E-state index is 13.2. The molecule has 164 valence electrons. The number of rotatable bonds is 7. The van der Waals surface area contributed by atoms with Crippen molar-refractivity contribution in [3.63, 3.8) is 0 Å². The first kappa shape index (κ1) is 22.3. The number of hydrogen-bond donors (Lipinski definition) is 2. The molecule has 2 atom stereocenters. The fourth-order valence-corrected chi connectivity index (χ4v) is 4.02. The molecule has 1 aliphatic rings. The van der Waals surface area contributed by atoms with Crippen LogP contribution in [0.1, 0.15) is 52.5 Å². The van der Waals surface area contributed by atoms with E-state index >= 15 is 0 Å². The van der Waals surface area contributed by atoms with Crippen molar-refractivity contribution in [1.82, 2.24) is 14.9 Å². The van der Waals surface area contributed by atoms with Gasteiger partial charge < -0.3 is 19.7 Å². The zero-order chi connectivity index (χ0) is 22.7. The van der Waals surface area contributed by atoms with Gasteiger partial charge in [0, 0.05) is 29.5 Å². The lowest BCUT2D eigenvalue weighted by molar-refractivity contribution is -0.147. The number of imidazole rings is 1. The van der Waals surface area contributed by atoms with Gasteiger partial charge in [0.25, 0.3) is 0 Å². The number of allylic oxidation sites excluding steroid dienone is 2. The van der Waals surface area contributed by atoms with Crippen molar-refractivity contribution < 1.29 is 19.4 Å². The predicted octanol–water partition coefficient (Wildman–Crippen LogP) is 4.17. The van der Waals surface area contributed by atoms with Crippen LogP contribution >= 0.6 is 0 Å². The summed E-state index contributed by atoms with van der Waals surface area (Å²) in [5, 5.41) is 13.0. The topological polar surface area (TPSA) is 93.5 Å². The fourth-order valence-electron chi connectivity index (χ4n) is 4.02. The summed E-state index contributed by atoms with van der Waals surface area (Å²) in [6.45, 7) is 9.46. The first-order chi connectivity index (χ1) is 14.7. The number of nitrogens with one attached hydrogen (secondary N) is 1. The van der Waals surface area contributed by atoms with E-state index in [1.807, 2.05) is 55.8 Å². The molecular weight excluding hydrogens is 394 g/mol. The molecule has 0 radical (unpaired) electrons. The van der Waals surface area contributed by atoms with E-state index < -0.39 is 17.9 Å². The first-order valence-electron chi connectivity index (χ1n) is 10.5. The Morgan fingerprint density at radius 3 is 2.32 bits per heavy atom. The molecule has 0 spiro atoms. The van der Waals surface area contributed by atoms with E-state index in [2.05, 4.69) is 10.3 Å². The second-order valence-electron chi connectivity index (χ2n) is 8.10. The number of carbonyl (C=O) groups excluding carboxylic acids is 1. The maximum Gasteiger partial charge on any atom is 0.337 e. The zero-order valence-electron chi connectivity index (χ0n) is 18.5. The third-order valence-electron chi connectivity index (χ3n) is 5.64. The highest BCUT2D eigenvalue weighted by Gasteiger charge is 2.38. The lowest BCUT2D eigenvalue weighted by Gasteiger charge is -2.31. The van der Waals surface area contributed by atoms with Crippen LogP contribution in [0.2, 0.25) is 0 Å². The fraction of sp³-hybridized carbons (Fsp3) is 0.375. The summed E-state index contributed by atoms with van der Waals surface area (Å²) in [6.07, 6.45) is 5.66. The molecule has 2 aromatic rings. The van der Waals surface area contributed by atoms with Gasteiger partial charge in [-0.3, -0.25) is 0 Å². The number of carbonyl (C=O) groups is 2. The second kappa shape index (κ2) is 9.20. The molecule has 7 nitrogen and oxygen atoms in total. The van der Waals surface area contributed by atoms with Crippen LogP contribution in [-0.4, -0.2) is 32.7 Å². The number of carboxylic acids is 1. The molecule has 0 fully saturated rings. The highest BCUT2D eigenvalue weighted by molar-refractivity contribution is 5.99. The van der Waals surface area contributed by atoms with Crippen LogP contribution in [0.4, 0.5) is 0 Å². The van der Waals surface area contributed by atoms with Gasteiger partial charge in [-0.1, -0.05) is 32.9 Å². The van der Waals surface area contributed by atoms with Crippen LogP contribution in [-0.2, 0) is 14.3 Å². The standard InChI is InChI=1S/C24H29N3O4/c1-6-19(14(2)3)31-24(30)21-16(5)26-15(4)20(23(28)29)22(21)17-7-9-18(10-8-17)27-12-11-25-13-27/h7-14,19,22,26H,6H2,1-5H3,(H,28,29). The number of ether oxygens (including phenoxy) is 1. The Morgan fingerprint density at radius 2 is 1.81 bits per heavy atom. The minimum Gasteiger partial charge on any atom is -0.478 e. The van der Waals surface area contributed by atoms with Crippen LogP contribution < -0.4 is 5.32 Å². The molecule has 3 rings (SSSR count). The van der Waals surface area contributed by atoms with Crippen LogP contribution in [0.25, 0.3) is 5.69 Å². The van der Waals surface area contributed by atoms with Gasteiger partial charge in [-0.05, 0) is 43.9 Å². The predicted molar refractivity (Wildman–Crippen MR) is 117 cm³/mol. The summed E-state index contributed by atoms with van der Waals surface area (Å²) in [6, 6.07) is 7.47. The number of benzene rings is 1. The molecular formula is C24H29N3O4. The van der Waals surface area contributed by atoms with Gasteiger partial charge in [0.15, 0.2) is 0 Å². The summed E-state index contributed by atoms with van der Waals surface area (Å²) in [7, 11) is 0. The van der Waals surface area contributed by atoms with Gasteiger partial charge in [0.1, 0.15) is 6.10 Å². The van der Waals surface area contributed by atoms with Crippen LogP contribution in [0.15, 0.2) is 65.5 Å². The van der Waals surface area contributed by atoms with Gasteiger partial charge in [-0.15, -0.1) is 0 Å². The van der Waals surface area contributed by atoms with E-state index in [-0.39, 0.29) is 17.6 Å². The van der Waals surface area contributed by atoms with Crippen molar-refractivity contribution in [3.8, 4) is 5.69 Å². The molecule has 2 heterocycles. The van der Waals surface area contributed by atoms with Gasteiger partial charge in [0.2, 0.25) is 0 Å². The number of hydrogen-bond acceptors (Lipinski definition) is 5. The largest absolute Gasteiger partial charge is 0.478 e. The van der Waals surface area contributed by atoms with Crippen molar-refractivity contribution in [2.75, 3.05) is 0 Å². The third-order valence-corrected chi connectivity index (χ3v) is 5.64. The Balaban J connectivity index is 2.05. The van der Waals surface area contributed by atoms with E-state index in [0.717, 1.165) is 5.69 Å². The van der Waals surface area contributed by atoms with E-state index in [1.165, 1.54) is 0 Å². The molecule has 31 heavy (non-hydrogen) atoms. The van der Waals surface area contributed by atoms with Crippen LogP contribution in [0.3, 0.4) is 0 Å². The molecule has 1 aliphatic heterocycles. The molecule has 1 aromatic carbocycles. The number of nitrogens with zero attached hydrogens (tertiary/aromatic N) is 2. The smallest absolute Gasteiger partial charge is 0.337 e. The Labute approximate surface area is 182 Å². The molecule has 0 amide bonds. The van der Waals surface area contributed by atoms with E-state index in [1.54, 1.807) is 26.4 Å². The van der Waals surface area contributed by atoms with Gasteiger partial charge >= 0.3 is 11.9 Å². The average molecular weight is 424 g/mol. The highest BCUT2D eigenvalue weighted by Crippen LogP contribution is 2.39. The van der Waals surface area contributed by atoms with Crippen LogP contribution in [0.5, 0.6) is 0 Å².